The van der Waals surface area contributed by atoms with Crippen molar-refractivity contribution < 1.29 is 9.59 Å². The highest BCUT2D eigenvalue weighted by Gasteiger charge is 2.40. The van der Waals surface area contributed by atoms with Crippen LogP contribution in [0.25, 0.3) is 0 Å². The van der Waals surface area contributed by atoms with Crippen molar-refractivity contribution in [1.82, 2.24) is 15.1 Å². The van der Waals surface area contributed by atoms with Crippen LogP contribution in [0, 0.1) is 0 Å². The highest BCUT2D eigenvalue weighted by atomic mass is 16.2. The Hall–Kier alpha value is -1.10. The van der Waals surface area contributed by atoms with Gasteiger partial charge in [0.25, 0.3) is 0 Å². The van der Waals surface area contributed by atoms with E-state index in [1.54, 1.807) is 4.90 Å². The molecule has 2 amide bonds. The molecule has 2 heterocycles. The number of likely N-dealkylation sites (tertiary alicyclic amines) is 2. The molecule has 18 heavy (non-hydrogen) atoms. The van der Waals surface area contributed by atoms with Crippen LogP contribution in [0.3, 0.4) is 0 Å². The van der Waals surface area contributed by atoms with Gasteiger partial charge in [-0.3, -0.25) is 9.59 Å². The summed E-state index contributed by atoms with van der Waals surface area (Å²) in [5.74, 6) is 0.445. The number of nitrogens with zero attached hydrogens (tertiary/aromatic N) is 2. The maximum absolute atomic E-state index is 12.3. The van der Waals surface area contributed by atoms with Crippen LogP contribution < -0.4 is 5.32 Å². The van der Waals surface area contributed by atoms with Crippen LogP contribution in [0.15, 0.2) is 0 Å². The Labute approximate surface area is 107 Å². The SMILES string of the molecule is CN1CC(N2CCC(NC3CC3)C2=O)CCC1=O. The van der Waals surface area contributed by atoms with Gasteiger partial charge in [0.2, 0.25) is 11.8 Å². The lowest BCUT2D eigenvalue weighted by molar-refractivity contribution is -0.139. The van der Waals surface area contributed by atoms with E-state index in [4.69, 9.17) is 0 Å². The molecular formula is C13H21N3O2. The Morgan fingerprint density at radius 2 is 1.94 bits per heavy atom. The second-order valence-electron chi connectivity index (χ2n) is 5.78. The predicted octanol–water partition coefficient (Wildman–Crippen LogP) is -0.0399. The highest BCUT2D eigenvalue weighted by Crippen LogP contribution is 2.25. The molecule has 2 aliphatic heterocycles. The molecule has 1 N–H and O–H groups in total. The first-order valence-corrected chi connectivity index (χ1v) is 6.95. The molecule has 1 aliphatic carbocycles. The molecule has 3 aliphatic rings. The molecule has 3 fully saturated rings. The first-order chi connectivity index (χ1) is 8.65. The minimum absolute atomic E-state index is 0.0282. The molecule has 0 aromatic rings. The summed E-state index contributed by atoms with van der Waals surface area (Å²) in [5.41, 5.74) is 0. The molecule has 100 valence electrons. The Balaban J connectivity index is 1.59. The van der Waals surface area contributed by atoms with E-state index in [2.05, 4.69) is 5.32 Å². The quantitative estimate of drug-likeness (QED) is 0.766. The summed E-state index contributed by atoms with van der Waals surface area (Å²) in [6.45, 7) is 1.54. The fourth-order valence-corrected chi connectivity index (χ4v) is 3.00. The number of amides is 2. The molecule has 1 saturated carbocycles. The molecule has 0 aromatic heterocycles. The lowest BCUT2D eigenvalue weighted by atomic mass is 10.0. The first kappa shape index (κ1) is 12.0. The Bertz CT molecular complexity index is 367. The molecule has 2 unspecified atom stereocenters. The van der Waals surface area contributed by atoms with Crippen molar-refractivity contribution in [3.05, 3.63) is 0 Å². The summed E-state index contributed by atoms with van der Waals surface area (Å²) >= 11 is 0. The van der Waals surface area contributed by atoms with Crippen LogP contribution in [0.2, 0.25) is 0 Å². The van der Waals surface area contributed by atoms with Gasteiger partial charge in [-0.1, -0.05) is 0 Å². The van der Waals surface area contributed by atoms with Crippen molar-refractivity contribution in [3.8, 4) is 0 Å². The van der Waals surface area contributed by atoms with Gasteiger partial charge in [0.15, 0.2) is 0 Å². The third-order valence-electron chi connectivity index (χ3n) is 4.30. The fourth-order valence-electron chi connectivity index (χ4n) is 3.00. The number of piperidine rings is 1. The summed E-state index contributed by atoms with van der Waals surface area (Å²) in [4.78, 5) is 27.5. The summed E-state index contributed by atoms with van der Waals surface area (Å²) in [7, 11) is 1.83. The smallest absolute Gasteiger partial charge is 0.240 e. The number of hydrogen-bond donors (Lipinski definition) is 1. The number of carbonyl (C=O) groups excluding carboxylic acids is 2. The summed E-state index contributed by atoms with van der Waals surface area (Å²) in [6.07, 6.45) is 4.75. The van der Waals surface area contributed by atoms with Crippen LogP contribution in [-0.2, 0) is 9.59 Å². The zero-order chi connectivity index (χ0) is 12.7. The Morgan fingerprint density at radius 3 is 2.61 bits per heavy atom. The maximum atomic E-state index is 12.3. The van der Waals surface area contributed by atoms with Crippen molar-refractivity contribution in [1.29, 1.82) is 0 Å². The molecule has 5 nitrogen and oxygen atoms in total. The number of carbonyl (C=O) groups is 2. The maximum Gasteiger partial charge on any atom is 0.240 e. The van der Waals surface area contributed by atoms with E-state index >= 15 is 0 Å². The summed E-state index contributed by atoms with van der Waals surface area (Å²) in [5, 5.41) is 3.42. The topological polar surface area (TPSA) is 52.6 Å². The Morgan fingerprint density at radius 1 is 1.17 bits per heavy atom. The number of hydrogen-bond acceptors (Lipinski definition) is 3. The highest BCUT2D eigenvalue weighted by molar-refractivity contribution is 5.85. The van der Waals surface area contributed by atoms with Crippen LogP contribution in [0.5, 0.6) is 0 Å². The zero-order valence-electron chi connectivity index (χ0n) is 10.9. The molecule has 5 heteroatoms. The van der Waals surface area contributed by atoms with E-state index in [9.17, 15) is 9.59 Å². The van der Waals surface area contributed by atoms with Crippen LogP contribution >= 0.6 is 0 Å². The predicted molar refractivity (Wildman–Crippen MR) is 66.9 cm³/mol. The van der Waals surface area contributed by atoms with Crippen molar-refractivity contribution in [2.24, 2.45) is 0 Å². The van der Waals surface area contributed by atoms with Crippen molar-refractivity contribution in [2.75, 3.05) is 20.1 Å². The first-order valence-electron chi connectivity index (χ1n) is 6.95. The third kappa shape index (κ3) is 2.23. The van der Waals surface area contributed by atoms with Crippen molar-refractivity contribution in [3.63, 3.8) is 0 Å². The average Bonchev–Trinajstić information content (AvgIpc) is 3.09. The van der Waals surface area contributed by atoms with Crippen LogP contribution in [0.4, 0.5) is 0 Å². The van der Waals surface area contributed by atoms with Gasteiger partial charge in [-0.25, -0.2) is 0 Å². The van der Waals surface area contributed by atoms with Crippen molar-refractivity contribution in [2.45, 2.75) is 50.2 Å². The van der Waals surface area contributed by atoms with Gasteiger partial charge >= 0.3 is 0 Å². The molecular weight excluding hydrogens is 230 g/mol. The molecule has 0 radical (unpaired) electrons. The van der Waals surface area contributed by atoms with Gasteiger partial charge in [0, 0.05) is 38.6 Å². The lowest BCUT2D eigenvalue weighted by Crippen LogP contribution is -2.51. The van der Waals surface area contributed by atoms with Crippen LogP contribution in [-0.4, -0.2) is 59.9 Å². The van der Waals surface area contributed by atoms with E-state index < -0.39 is 0 Å². The lowest BCUT2D eigenvalue weighted by Gasteiger charge is -2.35. The van der Waals surface area contributed by atoms with Gasteiger partial charge in [0.05, 0.1) is 6.04 Å². The second kappa shape index (κ2) is 4.53. The van der Waals surface area contributed by atoms with E-state index in [-0.39, 0.29) is 23.9 Å². The standard InChI is InChI=1S/C13H21N3O2/c1-15-8-10(4-5-12(15)17)16-7-6-11(13(16)18)14-9-2-3-9/h9-11,14H,2-8H2,1H3. The number of rotatable bonds is 3. The molecule has 0 aromatic carbocycles. The minimum Gasteiger partial charge on any atom is -0.344 e. The molecule has 0 bridgehead atoms. The number of nitrogens with one attached hydrogen (secondary N) is 1. The second-order valence-corrected chi connectivity index (χ2v) is 5.78. The Kier molecular flexibility index (Phi) is 3.01. The summed E-state index contributed by atoms with van der Waals surface area (Å²) in [6, 6.07) is 0.834. The monoisotopic (exact) mass is 251 g/mol. The van der Waals surface area contributed by atoms with Gasteiger partial charge in [-0.05, 0) is 25.7 Å². The largest absolute Gasteiger partial charge is 0.344 e. The van der Waals surface area contributed by atoms with Crippen molar-refractivity contribution >= 4 is 11.8 Å². The average molecular weight is 251 g/mol. The van der Waals surface area contributed by atoms with E-state index in [1.165, 1.54) is 12.8 Å². The third-order valence-corrected chi connectivity index (χ3v) is 4.30. The molecule has 2 saturated heterocycles. The normalized spacial score (nSPS) is 33.4. The summed E-state index contributed by atoms with van der Waals surface area (Å²) < 4.78 is 0. The van der Waals surface area contributed by atoms with Gasteiger partial charge in [0.1, 0.15) is 0 Å². The fraction of sp³-hybridized carbons (Fsp3) is 0.846. The molecule has 3 rings (SSSR count). The van der Waals surface area contributed by atoms with E-state index in [0.717, 1.165) is 19.4 Å². The van der Waals surface area contributed by atoms with Gasteiger partial charge in [-0.15, -0.1) is 0 Å². The van der Waals surface area contributed by atoms with E-state index in [0.29, 0.717) is 19.0 Å². The van der Waals surface area contributed by atoms with Gasteiger partial charge in [-0.2, -0.15) is 0 Å². The molecule has 0 spiro atoms. The van der Waals surface area contributed by atoms with Gasteiger partial charge < -0.3 is 15.1 Å². The zero-order valence-corrected chi connectivity index (χ0v) is 10.9. The minimum atomic E-state index is 0.0282. The van der Waals surface area contributed by atoms with E-state index in [1.807, 2.05) is 11.9 Å². The van der Waals surface area contributed by atoms with Crippen LogP contribution in [0.1, 0.15) is 32.1 Å². The molecule has 2 atom stereocenters. The number of likely N-dealkylation sites (N-methyl/N-ethyl adjacent to an activating group) is 1.